The standard InChI is InChI=1S/C14H16ClN5O2.K.H3O4P/c1-14(19-13(21)22)4-6-20(7-5-14)11-8-16-12-9(17-11)2-3-10(15)18-12;;1-5(2,3)4/h2-3,8,19H,4-7H2,1H3,(H,21,22);;(H3,1,2,3,4)/q;+1;/p-1. The molecule has 148 valence electrons. The van der Waals surface area contributed by atoms with Gasteiger partial charge in [0.25, 0.3) is 7.82 Å². The van der Waals surface area contributed by atoms with Crippen LogP contribution in [0.4, 0.5) is 10.6 Å². The van der Waals surface area contributed by atoms with E-state index in [-0.39, 0.29) is 56.9 Å². The van der Waals surface area contributed by atoms with E-state index in [2.05, 4.69) is 25.2 Å². The van der Waals surface area contributed by atoms with Crippen LogP contribution in [-0.2, 0) is 4.57 Å². The van der Waals surface area contributed by atoms with Gasteiger partial charge in [0, 0.05) is 18.6 Å². The molecule has 0 aliphatic carbocycles. The molecule has 3 heterocycles. The Hall–Kier alpha value is -0.404. The van der Waals surface area contributed by atoms with Crippen molar-refractivity contribution >= 4 is 42.5 Å². The summed E-state index contributed by atoms with van der Waals surface area (Å²) in [5.74, 6) is 0.772. The van der Waals surface area contributed by atoms with Crippen LogP contribution >= 0.6 is 19.4 Å². The molecule has 0 aromatic carbocycles. The average Bonchev–Trinajstić information content (AvgIpc) is 2.52. The zero-order valence-corrected chi connectivity index (χ0v) is 20.0. The summed E-state index contributed by atoms with van der Waals surface area (Å²) in [6.07, 6.45) is 2.14. The number of halogens is 1. The van der Waals surface area contributed by atoms with E-state index in [0.29, 0.717) is 16.3 Å². The first kappa shape index (κ1) is 25.6. The Kier molecular flexibility index (Phi) is 9.68. The van der Waals surface area contributed by atoms with Crippen molar-refractivity contribution in [3.8, 4) is 0 Å². The summed E-state index contributed by atoms with van der Waals surface area (Å²) in [5, 5.41) is 11.9. The van der Waals surface area contributed by atoms with E-state index in [1.54, 1.807) is 18.3 Å². The van der Waals surface area contributed by atoms with Gasteiger partial charge < -0.3 is 30.0 Å². The van der Waals surface area contributed by atoms with Crippen molar-refractivity contribution in [2.45, 2.75) is 25.3 Å². The van der Waals surface area contributed by atoms with Crippen LogP contribution < -0.4 is 66.5 Å². The summed E-state index contributed by atoms with van der Waals surface area (Å²) in [4.78, 5) is 48.8. The molecule has 0 atom stereocenters. The number of hydrogen-bond donors (Lipinski definition) is 4. The third-order valence-corrected chi connectivity index (χ3v) is 4.17. The Morgan fingerprint density at radius 1 is 1.32 bits per heavy atom. The van der Waals surface area contributed by atoms with Crippen LogP contribution in [0.2, 0.25) is 5.15 Å². The summed E-state index contributed by atoms with van der Waals surface area (Å²) in [5.41, 5.74) is 0.825. The van der Waals surface area contributed by atoms with Crippen LogP contribution in [-0.4, -0.2) is 54.6 Å². The Labute approximate surface area is 208 Å². The number of piperidine rings is 1. The fourth-order valence-corrected chi connectivity index (χ4v) is 2.78. The zero-order chi connectivity index (χ0) is 20.2. The Morgan fingerprint density at radius 2 is 1.89 bits per heavy atom. The minimum absolute atomic E-state index is 0. The van der Waals surface area contributed by atoms with Crippen LogP contribution in [0.25, 0.3) is 11.2 Å². The van der Waals surface area contributed by atoms with Crippen LogP contribution in [0.15, 0.2) is 18.3 Å². The van der Waals surface area contributed by atoms with Crippen LogP contribution in [0.5, 0.6) is 0 Å². The Bertz CT molecular complexity index is 868. The molecule has 28 heavy (non-hydrogen) atoms. The normalized spacial score (nSPS) is 15.8. The summed E-state index contributed by atoms with van der Waals surface area (Å²) in [6.45, 7) is 3.37. The third kappa shape index (κ3) is 8.53. The molecule has 3 rings (SSSR count). The molecule has 0 radical (unpaired) electrons. The fourth-order valence-electron chi connectivity index (χ4n) is 2.64. The zero-order valence-electron chi connectivity index (χ0n) is 15.2. The minimum Gasteiger partial charge on any atom is -0.756 e. The van der Waals surface area contributed by atoms with Gasteiger partial charge in [-0.15, -0.1) is 0 Å². The molecule has 1 saturated heterocycles. The van der Waals surface area contributed by atoms with E-state index in [1.807, 2.05) is 6.92 Å². The number of carboxylic acid groups (broad SMARTS) is 1. The molecular formula is C14H18ClKN5O6P. The molecular weight excluding hydrogens is 440 g/mol. The van der Waals surface area contributed by atoms with Crippen LogP contribution in [0.1, 0.15) is 19.8 Å². The molecule has 14 heteroatoms. The maximum Gasteiger partial charge on any atom is 1.00 e. The molecule has 2 aromatic rings. The van der Waals surface area contributed by atoms with Crippen molar-refractivity contribution in [3.63, 3.8) is 0 Å². The monoisotopic (exact) mass is 457 g/mol. The topological polar surface area (TPSA) is 172 Å². The van der Waals surface area contributed by atoms with Gasteiger partial charge >= 0.3 is 57.5 Å². The van der Waals surface area contributed by atoms with Crippen LogP contribution in [0, 0.1) is 0 Å². The van der Waals surface area contributed by atoms with Gasteiger partial charge in [0.05, 0.1) is 6.20 Å². The quantitative estimate of drug-likeness (QED) is 0.219. The number of carbonyl (C=O) groups is 1. The van der Waals surface area contributed by atoms with Crippen molar-refractivity contribution in [1.82, 2.24) is 20.3 Å². The summed E-state index contributed by atoms with van der Waals surface area (Å²) in [6, 6.07) is 3.48. The Balaban J connectivity index is 0.000000584. The number of hydrogen-bond acceptors (Lipinski definition) is 7. The molecule has 4 N–H and O–H groups in total. The maximum atomic E-state index is 10.8. The smallest absolute Gasteiger partial charge is 0.756 e. The van der Waals surface area contributed by atoms with Gasteiger partial charge in [-0.1, -0.05) is 11.6 Å². The van der Waals surface area contributed by atoms with Gasteiger partial charge in [0.2, 0.25) is 0 Å². The van der Waals surface area contributed by atoms with Gasteiger partial charge in [0.1, 0.15) is 16.5 Å². The Morgan fingerprint density at radius 3 is 2.43 bits per heavy atom. The third-order valence-electron chi connectivity index (χ3n) is 3.96. The van der Waals surface area contributed by atoms with Gasteiger partial charge in [-0.25, -0.2) is 19.7 Å². The van der Waals surface area contributed by atoms with Crippen molar-refractivity contribution in [2.24, 2.45) is 0 Å². The predicted molar refractivity (Wildman–Crippen MR) is 95.4 cm³/mol. The molecule has 0 saturated carbocycles. The number of aromatic nitrogens is 3. The van der Waals surface area contributed by atoms with E-state index in [0.717, 1.165) is 31.7 Å². The second kappa shape index (κ2) is 10.6. The molecule has 1 aliphatic heterocycles. The van der Waals surface area contributed by atoms with E-state index in [1.165, 1.54) is 0 Å². The molecule has 1 fully saturated rings. The number of amides is 1. The molecule has 1 aliphatic rings. The number of nitrogens with one attached hydrogen (secondary N) is 1. The van der Waals surface area contributed by atoms with E-state index < -0.39 is 13.9 Å². The first-order valence-corrected chi connectivity index (χ1v) is 9.68. The fraction of sp³-hybridized carbons (Fsp3) is 0.429. The van der Waals surface area contributed by atoms with Crippen LogP contribution in [0.3, 0.4) is 0 Å². The molecule has 0 unspecified atom stereocenters. The van der Waals surface area contributed by atoms with Gasteiger partial charge in [0.15, 0.2) is 5.65 Å². The van der Waals surface area contributed by atoms with E-state index >= 15 is 0 Å². The minimum atomic E-state index is -4.89. The predicted octanol–water partition coefficient (Wildman–Crippen LogP) is -2.25. The van der Waals surface area contributed by atoms with E-state index in [9.17, 15) is 4.79 Å². The number of pyridine rings is 1. The summed E-state index contributed by atoms with van der Waals surface area (Å²) >= 11 is 5.84. The van der Waals surface area contributed by atoms with E-state index in [4.69, 9.17) is 36.0 Å². The first-order valence-electron chi connectivity index (χ1n) is 7.77. The molecule has 0 bridgehead atoms. The van der Waals surface area contributed by atoms with Crippen molar-refractivity contribution in [2.75, 3.05) is 18.0 Å². The van der Waals surface area contributed by atoms with Crippen molar-refractivity contribution < 1.29 is 80.5 Å². The molecule has 11 nitrogen and oxygen atoms in total. The van der Waals surface area contributed by atoms with Crippen molar-refractivity contribution in [3.05, 3.63) is 23.5 Å². The second-order valence-electron chi connectivity index (χ2n) is 6.17. The number of nitrogens with zero attached hydrogens (tertiary/aromatic N) is 4. The van der Waals surface area contributed by atoms with Gasteiger partial charge in [-0.3, -0.25) is 4.57 Å². The SMILES string of the molecule is CC1(NC(=O)O)CCN(c2cnc3nc(Cl)ccc3n2)CC1.O=P([O-])(O)O.[K+]. The average molecular weight is 458 g/mol. The maximum absolute atomic E-state index is 10.8. The van der Waals surface area contributed by atoms with Gasteiger partial charge in [-0.2, -0.15) is 0 Å². The summed E-state index contributed by atoms with van der Waals surface area (Å²) < 4.78 is 8.77. The first-order chi connectivity index (χ1) is 12.5. The number of anilines is 1. The number of rotatable bonds is 2. The largest absolute Gasteiger partial charge is 1.00 e. The number of phosphoric acid groups is 1. The van der Waals surface area contributed by atoms with Gasteiger partial charge in [-0.05, 0) is 31.9 Å². The molecule has 1 amide bonds. The molecule has 2 aromatic heterocycles. The molecule has 0 spiro atoms. The van der Waals surface area contributed by atoms with Crippen molar-refractivity contribution in [1.29, 1.82) is 0 Å². The summed E-state index contributed by atoms with van der Waals surface area (Å²) in [7, 11) is -4.89. The number of fused-ring (bicyclic) bond motifs is 1. The second-order valence-corrected chi connectivity index (χ2v) is 7.54.